The van der Waals surface area contributed by atoms with Crippen molar-refractivity contribution in [1.29, 1.82) is 0 Å². The summed E-state index contributed by atoms with van der Waals surface area (Å²) >= 11 is 0. The third-order valence-corrected chi connectivity index (χ3v) is 6.21. The Morgan fingerprint density at radius 1 is 0.875 bits per heavy atom. The van der Waals surface area contributed by atoms with Crippen molar-refractivity contribution in [3.63, 3.8) is 0 Å². The first-order chi connectivity index (χ1) is 14.9. The van der Waals surface area contributed by atoms with Crippen LogP contribution in [0.5, 0.6) is 0 Å². The zero-order chi connectivity index (χ0) is 23.7. The van der Waals surface area contributed by atoms with Crippen LogP contribution in [0, 0.1) is 20.8 Å². The first kappa shape index (κ1) is 23.3. The third-order valence-electron chi connectivity index (χ3n) is 4.85. The Hall–Kier alpha value is -3.33. The Morgan fingerprint density at radius 3 is 2.25 bits per heavy atom. The Labute approximate surface area is 184 Å². The smallest absolute Gasteiger partial charge is 0.322 e. The van der Waals surface area contributed by atoms with Crippen LogP contribution in [-0.4, -0.2) is 14.3 Å². The van der Waals surface area contributed by atoms with E-state index in [1.165, 1.54) is 30.3 Å². The van der Waals surface area contributed by atoms with E-state index >= 15 is 0 Å². The second kappa shape index (κ2) is 8.66. The second-order valence-corrected chi connectivity index (χ2v) is 9.12. The number of anilines is 2. The summed E-state index contributed by atoms with van der Waals surface area (Å²) in [6.45, 7) is 5.20. The molecule has 0 aliphatic carbocycles. The topological polar surface area (TPSA) is 75.3 Å². The van der Waals surface area contributed by atoms with Gasteiger partial charge in [-0.3, -0.25) is 9.52 Å². The Bertz CT molecular complexity index is 1290. The Morgan fingerprint density at radius 2 is 1.56 bits per heavy atom. The molecule has 0 aliphatic rings. The minimum Gasteiger partial charge on any atom is -0.322 e. The van der Waals surface area contributed by atoms with Crippen molar-refractivity contribution >= 4 is 27.3 Å². The number of rotatable bonds is 5. The summed E-state index contributed by atoms with van der Waals surface area (Å²) in [6.07, 6.45) is -4.55. The number of hydrogen-bond donors (Lipinski definition) is 2. The quantitative estimate of drug-likeness (QED) is 0.512. The van der Waals surface area contributed by atoms with Gasteiger partial charge in [0.05, 0.1) is 16.1 Å². The van der Waals surface area contributed by atoms with E-state index in [2.05, 4.69) is 10.0 Å². The van der Waals surface area contributed by atoms with Gasteiger partial charge in [-0.05, 0) is 73.9 Å². The molecule has 0 aliphatic heterocycles. The highest BCUT2D eigenvalue weighted by atomic mass is 32.2. The van der Waals surface area contributed by atoms with Crippen molar-refractivity contribution in [2.24, 2.45) is 0 Å². The van der Waals surface area contributed by atoms with Gasteiger partial charge >= 0.3 is 6.18 Å². The summed E-state index contributed by atoms with van der Waals surface area (Å²) in [5.41, 5.74) is 1.58. The van der Waals surface area contributed by atoms with Gasteiger partial charge in [0.2, 0.25) is 0 Å². The molecule has 3 rings (SSSR count). The standard InChI is InChI=1S/C23H21F3N2O3S/c1-14-7-8-16(3)21(11-14)28-32(30,31)19-10-9-15(2)20(13-19)22(29)27-18-6-4-5-17(12-18)23(24,25)26/h4-13,28H,1-3H3,(H,27,29). The molecular weight excluding hydrogens is 441 g/mol. The highest BCUT2D eigenvalue weighted by molar-refractivity contribution is 7.92. The lowest BCUT2D eigenvalue weighted by Gasteiger charge is -2.14. The molecule has 0 fully saturated rings. The number of benzene rings is 3. The van der Waals surface area contributed by atoms with E-state index in [-0.39, 0.29) is 16.1 Å². The summed E-state index contributed by atoms with van der Waals surface area (Å²) in [7, 11) is -4.00. The molecule has 9 heteroatoms. The van der Waals surface area contributed by atoms with E-state index in [4.69, 9.17) is 0 Å². The van der Waals surface area contributed by atoms with Crippen molar-refractivity contribution in [3.8, 4) is 0 Å². The largest absolute Gasteiger partial charge is 0.416 e. The lowest BCUT2D eigenvalue weighted by molar-refractivity contribution is -0.137. The molecule has 0 saturated carbocycles. The third kappa shape index (κ3) is 5.28. The van der Waals surface area contributed by atoms with Gasteiger partial charge in [0.1, 0.15) is 0 Å². The molecule has 2 N–H and O–H groups in total. The number of halogens is 3. The Kier molecular flexibility index (Phi) is 6.32. The van der Waals surface area contributed by atoms with Crippen molar-refractivity contribution in [2.45, 2.75) is 31.8 Å². The fraction of sp³-hybridized carbons (Fsp3) is 0.174. The van der Waals surface area contributed by atoms with Gasteiger partial charge in [0.15, 0.2) is 0 Å². The van der Waals surface area contributed by atoms with E-state index in [9.17, 15) is 26.4 Å². The first-order valence-corrected chi connectivity index (χ1v) is 11.0. The van der Waals surface area contributed by atoms with Crippen LogP contribution in [0.3, 0.4) is 0 Å². The molecule has 3 aromatic rings. The van der Waals surface area contributed by atoms with Crippen LogP contribution in [0.25, 0.3) is 0 Å². The average Bonchev–Trinajstić information content (AvgIpc) is 2.70. The number of sulfonamides is 1. The van der Waals surface area contributed by atoms with Gasteiger partial charge in [-0.2, -0.15) is 13.2 Å². The molecule has 3 aromatic carbocycles. The van der Waals surface area contributed by atoms with E-state index in [1.54, 1.807) is 26.0 Å². The maximum absolute atomic E-state index is 12.9. The number of nitrogens with one attached hydrogen (secondary N) is 2. The second-order valence-electron chi connectivity index (χ2n) is 7.43. The van der Waals surface area contributed by atoms with Crippen LogP contribution in [0.2, 0.25) is 0 Å². The summed E-state index contributed by atoms with van der Waals surface area (Å²) < 4.78 is 67.1. The van der Waals surface area contributed by atoms with Gasteiger partial charge in [-0.15, -0.1) is 0 Å². The molecular formula is C23H21F3N2O3S. The van der Waals surface area contributed by atoms with E-state index in [0.29, 0.717) is 11.3 Å². The predicted molar refractivity (Wildman–Crippen MR) is 117 cm³/mol. The first-order valence-electron chi connectivity index (χ1n) is 9.56. The van der Waals surface area contributed by atoms with Crippen LogP contribution in [0.15, 0.2) is 65.6 Å². The monoisotopic (exact) mass is 462 g/mol. The van der Waals surface area contributed by atoms with Crippen molar-refractivity contribution in [2.75, 3.05) is 10.0 Å². The highest BCUT2D eigenvalue weighted by Crippen LogP contribution is 2.31. The van der Waals surface area contributed by atoms with Crippen LogP contribution in [0.1, 0.15) is 32.6 Å². The molecule has 32 heavy (non-hydrogen) atoms. The van der Waals surface area contributed by atoms with Gasteiger partial charge in [-0.1, -0.05) is 24.3 Å². The average molecular weight is 462 g/mol. The number of alkyl halides is 3. The van der Waals surface area contributed by atoms with Gasteiger partial charge in [0, 0.05) is 11.3 Å². The molecule has 0 saturated heterocycles. The van der Waals surface area contributed by atoms with Gasteiger partial charge in [0.25, 0.3) is 15.9 Å². The number of aryl methyl sites for hydroxylation is 3. The van der Waals surface area contributed by atoms with Crippen LogP contribution in [-0.2, 0) is 16.2 Å². The van der Waals surface area contributed by atoms with Gasteiger partial charge < -0.3 is 5.32 Å². The lowest BCUT2D eigenvalue weighted by Crippen LogP contribution is -2.17. The van der Waals surface area contributed by atoms with E-state index < -0.39 is 27.7 Å². The lowest BCUT2D eigenvalue weighted by atomic mass is 10.1. The van der Waals surface area contributed by atoms with Crippen molar-refractivity contribution in [1.82, 2.24) is 0 Å². The summed E-state index contributed by atoms with van der Waals surface area (Å²) in [4.78, 5) is 12.6. The summed E-state index contributed by atoms with van der Waals surface area (Å²) in [5, 5.41) is 2.40. The minimum absolute atomic E-state index is 0.0336. The van der Waals surface area contributed by atoms with E-state index in [1.807, 2.05) is 13.0 Å². The molecule has 5 nitrogen and oxygen atoms in total. The molecule has 168 valence electrons. The molecule has 0 atom stereocenters. The van der Waals surface area contributed by atoms with Crippen LogP contribution < -0.4 is 10.0 Å². The number of amides is 1. The van der Waals surface area contributed by atoms with Gasteiger partial charge in [-0.25, -0.2) is 8.42 Å². The molecule has 0 bridgehead atoms. The Balaban J connectivity index is 1.90. The fourth-order valence-electron chi connectivity index (χ4n) is 3.03. The zero-order valence-corrected chi connectivity index (χ0v) is 18.4. The molecule has 1 amide bonds. The maximum Gasteiger partial charge on any atom is 0.416 e. The molecule has 0 unspecified atom stereocenters. The molecule has 0 heterocycles. The highest BCUT2D eigenvalue weighted by Gasteiger charge is 2.30. The van der Waals surface area contributed by atoms with Crippen LogP contribution in [0.4, 0.5) is 24.5 Å². The number of carbonyl (C=O) groups is 1. The molecule has 0 spiro atoms. The number of carbonyl (C=O) groups excluding carboxylic acids is 1. The number of hydrogen-bond acceptors (Lipinski definition) is 3. The van der Waals surface area contributed by atoms with Crippen LogP contribution >= 0.6 is 0 Å². The minimum atomic E-state index is -4.55. The van der Waals surface area contributed by atoms with Crippen molar-refractivity contribution in [3.05, 3.63) is 88.5 Å². The summed E-state index contributed by atoms with van der Waals surface area (Å²) in [6, 6.07) is 13.6. The molecule has 0 aromatic heterocycles. The SMILES string of the molecule is Cc1ccc(C)c(NS(=O)(=O)c2ccc(C)c(C(=O)Nc3cccc(C(F)(F)F)c3)c2)c1. The fourth-order valence-corrected chi connectivity index (χ4v) is 4.18. The van der Waals surface area contributed by atoms with E-state index in [0.717, 1.165) is 23.3 Å². The summed E-state index contributed by atoms with van der Waals surface area (Å²) in [5.74, 6) is -0.717. The normalized spacial score (nSPS) is 11.8. The zero-order valence-electron chi connectivity index (χ0n) is 17.5. The van der Waals surface area contributed by atoms with Crippen molar-refractivity contribution < 1.29 is 26.4 Å². The predicted octanol–water partition coefficient (Wildman–Crippen LogP) is 5.68. The maximum atomic E-state index is 12.9. The molecule has 0 radical (unpaired) electrons.